The van der Waals surface area contributed by atoms with Gasteiger partial charge in [-0.2, -0.15) is 4.98 Å². The van der Waals surface area contributed by atoms with Crippen molar-refractivity contribution in [2.24, 2.45) is 0 Å². The van der Waals surface area contributed by atoms with Gasteiger partial charge in [-0.15, -0.1) is 0 Å². The second-order valence-corrected chi connectivity index (χ2v) is 4.00. The van der Waals surface area contributed by atoms with Crippen molar-refractivity contribution in [1.82, 2.24) is 19.9 Å². The van der Waals surface area contributed by atoms with Gasteiger partial charge in [-0.3, -0.25) is 4.98 Å². The molecule has 2 aromatic rings. The molecule has 0 fully saturated rings. The fourth-order valence-corrected chi connectivity index (χ4v) is 1.80. The summed E-state index contributed by atoms with van der Waals surface area (Å²) in [5.41, 5.74) is 0.967. The maximum atomic E-state index is 11.1. The predicted octanol–water partition coefficient (Wildman–Crippen LogP) is 0.972. The van der Waals surface area contributed by atoms with Crippen molar-refractivity contribution in [3.05, 3.63) is 22.6 Å². The van der Waals surface area contributed by atoms with E-state index >= 15 is 0 Å². The van der Waals surface area contributed by atoms with Gasteiger partial charge in [-0.05, 0) is 19.2 Å². The van der Waals surface area contributed by atoms with E-state index in [0.717, 1.165) is 19.6 Å². The maximum absolute atomic E-state index is 11.1. The molecule has 98 valence electrons. The summed E-state index contributed by atoms with van der Waals surface area (Å²) in [6.45, 7) is 7.73. The Labute approximate surface area is 105 Å². The lowest BCUT2D eigenvalue weighted by molar-refractivity contribution is 0.218. The van der Waals surface area contributed by atoms with Crippen molar-refractivity contribution in [3.63, 3.8) is 0 Å². The van der Waals surface area contributed by atoms with Gasteiger partial charge in [0, 0.05) is 12.6 Å². The Balaban J connectivity index is 1.97. The summed E-state index contributed by atoms with van der Waals surface area (Å²) in [5.74, 6) is 0.532. The zero-order chi connectivity index (χ0) is 13.0. The molecule has 0 aliphatic heterocycles. The van der Waals surface area contributed by atoms with Crippen molar-refractivity contribution in [1.29, 1.82) is 0 Å². The van der Waals surface area contributed by atoms with Crippen molar-refractivity contribution < 1.29 is 4.74 Å². The van der Waals surface area contributed by atoms with E-state index < -0.39 is 0 Å². The smallest absolute Gasteiger partial charge is 0.325 e. The number of nitrogens with one attached hydrogen (secondary N) is 2. The van der Waals surface area contributed by atoms with Crippen LogP contribution in [-0.2, 0) is 0 Å². The molecule has 0 radical (unpaired) electrons. The van der Waals surface area contributed by atoms with Crippen LogP contribution in [0.2, 0.25) is 0 Å². The summed E-state index contributed by atoms with van der Waals surface area (Å²) in [4.78, 5) is 22.8. The van der Waals surface area contributed by atoms with Crippen LogP contribution in [0.5, 0.6) is 5.88 Å². The van der Waals surface area contributed by atoms with Crippen LogP contribution in [0.15, 0.2) is 16.9 Å². The highest BCUT2D eigenvalue weighted by atomic mass is 16.5. The number of pyridine rings is 1. The molecular weight excluding hydrogens is 232 g/mol. The van der Waals surface area contributed by atoms with Crippen LogP contribution >= 0.6 is 0 Å². The van der Waals surface area contributed by atoms with Gasteiger partial charge in [-0.1, -0.05) is 13.8 Å². The largest absolute Gasteiger partial charge is 0.476 e. The van der Waals surface area contributed by atoms with E-state index in [1.807, 2.05) is 0 Å². The number of likely N-dealkylation sites (N-methyl/N-ethyl adjacent to an activating group) is 1. The summed E-state index contributed by atoms with van der Waals surface area (Å²) < 4.78 is 5.57. The second-order valence-electron chi connectivity index (χ2n) is 4.00. The highest BCUT2D eigenvalue weighted by Crippen LogP contribution is 2.11. The summed E-state index contributed by atoms with van der Waals surface area (Å²) >= 11 is 0. The van der Waals surface area contributed by atoms with E-state index in [4.69, 9.17) is 4.74 Å². The minimum atomic E-state index is -0.252. The Morgan fingerprint density at radius 2 is 2.06 bits per heavy atom. The molecule has 0 bridgehead atoms. The van der Waals surface area contributed by atoms with Gasteiger partial charge < -0.3 is 14.6 Å². The third-order valence-electron chi connectivity index (χ3n) is 2.90. The monoisotopic (exact) mass is 250 g/mol. The zero-order valence-electron chi connectivity index (χ0n) is 10.7. The molecule has 6 nitrogen and oxygen atoms in total. The van der Waals surface area contributed by atoms with E-state index in [1.54, 1.807) is 12.1 Å². The number of aromatic amines is 2. The molecule has 2 aromatic heterocycles. The van der Waals surface area contributed by atoms with Crippen molar-refractivity contribution in [2.45, 2.75) is 13.8 Å². The number of hydrogen-bond acceptors (Lipinski definition) is 4. The third-order valence-corrected chi connectivity index (χ3v) is 2.90. The number of ether oxygens (including phenoxy) is 1. The third kappa shape index (κ3) is 2.89. The molecule has 0 aromatic carbocycles. The number of fused-ring (bicyclic) bond motifs is 1. The quantitative estimate of drug-likeness (QED) is 0.801. The topological polar surface area (TPSA) is 74.0 Å². The molecule has 0 amide bonds. The van der Waals surface area contributed by atoms with Gasteiger partial charge in [0.2, 0.25) is 5.88 Å². The van der Waals surface area contributed by atoms with E-state index in [0.29, 0.717) is 23.7 Å². The first-order valence-electron chi connectivity index (χ1n) is 6.17. The SMILES string of the molecule is CCN(CC)CCOc1ccc2[nH]c(=O)[nH]c2n1. The Kier molecular flexibility index (Phi) is 3.99. The van der Waals surface area contributed by atoms with Crippen LogP contribution in [0.3, 0.4) is 0 Å². The summed E-state index contributed by atoms with van der Waals surface area (Å²) in [7, 11) is 0. The highest BCUT2D eigenvalue weighted by Gasteiger charge is 2.03. The van der Waals surface area contributed by atoms with Crippen LogP contribution in [0.25, 0.3) is 11.2 Å². The molecule has 0 atom stereocenters. The van der Waals surface area contributed by atoms with Gasteiger partial charge >= 0.3 is 5.69 Å². The molecule has 0 spiro atoms. The van der Waals surface area contributed by atoms with Crippen molar-refractivity contribution in [2.75, 3.05) is 26.2 Å². The summed E-state index contributed by atoms with van der Waals surface area (Å²) in [6, 6.07) is 3.54. The lowest BCUT2D eigenvalue weighted by Crippen LogP contribution is -2.28. The van der Waals surface area contributed by atoms with Gasteiger partial charge in [0.05, 0.1) is 5.52 Å². The lowest BCUT2D eigenvalue weighted by atomic mass is 10.4. The highest BCUT2D eigenvalue weighted by molar-refractivity contribution is 5.70. The van der Waals surface area contributed by atoms with Gasteiger partial charge in [0.25, 0.3) is 0 Å². The minimum absolute atomic E-state index is 0.252. The minimum Gasteiger partial charge on any atom is -0.476 e. The second kappa shape index (κ2) is 5.68. The Morgan fingerprint density at radius 3 is 2.78 bits per heavy atom. The first-order valence-corrected chi connectivity index (χ1v) is 6.17. The number of nitrogens with zero attached hydrogens (tertiary/aromatic N) is 2. The summed E-state index contributed by atoms with van der Waals surface area (Å²) in [6.07, 6.45) is 0. The van der Waals surface area contributed by atoms with Gasteiger partial charge in [0.1, 0.15) is 6.61 Å². The predicted molar refractivity (Wildman–Crippen MR) is 70.0 cm³/mol. The molecule has 0 saturated heterocycles. The standard InChI is InChI=1S/C12H18N4O2/c1-3-16(4-2)7-8-18-10-6-5-9-11(14-10)15-12(17)13-9/h5-6H,3-4,7-8H2,1-2H3,(H2,13,14,15,17). The van der Waals surface area contributed by atoms with Crippen LogP contribution in [0.4, 0.5) is 0 Å². The lowest BCUT2D eigenvalue weighted by Gasteiger charge is -2.17. The average Bonchev–Trinajstić information content (AvgIpc) is 2.74. The van der Waals surface area contributed by atoms with Crippen LogP contribution in [-0.4, -0.2) is 46.1 Å². The van der Waals surface area contributed by atoms with E-state index in [2.05, 4.69) is 33.7 Å². The normalized spacial score (nSPS) is 11.3. The molecular formula is C12H18N4O2. The Morgan fingerprint density at radius 1 is 1.28 bits per heavy atom. The Bertz CT molecular complexity index is 556. The fraction of sp³-hybridized carbons (Fsp3) is 0.500. The van der Waals surface area contributed by atoms with Gasteiger partial charge in [-0.25, -0.2) is 4.79 Å². The molecule has 0 saturated carbocycles. The number of hydrogen-bond donors (Lipinski definition) is 2. The number of imidazole rings is 1. The molecule has 0 unspecified atom stereocenters. The molecule has 2 rings (SSSR count). The first-order chi connectivity index (χ1) is 8.72. The number of aromatic nitrogens is 3. The van der Waals surface area contributed by atoms with E-state index in [9.17, 15) is 4.79 Å². The van der Waals surface area contributed by atoms with Crippen molar-refractivity contribution in [3.8, 4) is 5.88 Å². The van der Waals surface area contributed by atoms with Crippen LogP contribution in [0, 0.1) is 0 Å². The maximum Gasteiger partial charge on any atom is 0.325 e. The van der Waals surface area contributed by atoms with Gasteiger partial charge in [0.15, 0.2) is 5.65 Å². The first kappa shape index (κ1) is 12.6. The molecule has 2 N–H and O–H groups in total. The molecule has 2 heterocycles. The summed E-state index contributed by atoms with van der Waals surface area (Å²) in [5, 5.41) is 0. The van der Waals surface area contributed by atoms with Crippen LogP contribution < -0.4 is 10.4 Å². The zero-order valence-corrected chi connectivity index (χ0v) is 10.7. The fourth-order valence-electron chi connectivity index (χ4n) is 1.80. The molecule has 18 heavy (non-hydrogen) atoms. The number of H-pyrrole nitrogens is 2. The molecule has 0 aliphatic carbocycles. The Hall–Kier alpha value is -1.82. The van der Waals surface area contributed by atoms with Crippen LogP contribution in [0.1, 0.15) is 13.8 Å². The average molecular weight is 250 g/mol. The van der Waals surface area contributed by atoms with Crippen molar-refractivity contribution >= 4 is 11.2 Å². The number of rotatable bonds is 6. The molecule has 6 heteroatoms. The molecule has 0 aliphatic rings. The van der Waals surface area contributed by atoms with E-state index in [-0.39, 0.29) is 5.69 Å². The van der Waals surface area contributed by atoms with E-state index in [1.165, 1.54) is 0 Å².